The van der Waals surface area contributed by atoms with E-state index in [4.69, 9.17) is 4.74 Å². The van der Waals surface area contributed by atoms with Crippen LogP contribution in [0.15, 0.2) is 21.1 Å². The van der Waals surface area contributed by atoms with E-state index in [9.17, 15) is 5.26 Å². The van der Waals surface area contributed by atoms with Crippen LogP contribution >= 0.6 is 31.9 Å². The van der Waals surface area contributed by atoms with Gasteiger partial charge >= 0.3 is 0 Å². The van der Waals surface area contributed by atoms with Crippen LogP contribution in [-0.2, 0) is 7.05 Å². The predicted octanol–water partition coefficient (Wildman–Crippen LogP) is 3.88. The third-order valence-electron chi connectivity index (χ3n) is 2.83. The third kappa shape index (κ3) is 2.67. The minimum atomic E-state index is 0.529. The zero-order valence-electron chi connectivity index (χ0n) is 11.2. The van der Waals surface area contributed by atoms with Gasteiger partial charge in [-0.05, 0) is 44.8 Å². The van der Waals surface area contributed by atoms with Crippen molar-refractivity contribution in [2.75, 3.05) is 12.4 Å². The molecule has 0 saturated carbocycles. The largest absolute Gasteiger partial charge is 0.495 e. The van der Waals surface area contributed by atoms with Crippen molar-refractivity contribution in [1.82, 2.24) is 9.78 Å². The molecule has 104 valence electrons. The topological polar surface area (TPSA) is 62.9 Å². The quantitative estimate of drug-likeness (QED) is 0.850. The monoisotopic (exact) mass is 398 g/mol. The van der Waals surface area contributed by atoms with Gasteiger partial charge in [0.05, 0.1) is 23.0 Å². The summed E-state index contributed by atoms with van der Waals surface area (Å²) in [6.07, 6.45) is 0. The Balaban J connectivity index is 2.48. The average molecular weight is 400 g/mol. The summed E-state index contributed by atoms with van der Waals surface area (Å²) in [6.45, 7) is 1.81. The molecule has 0 aliphatic rings. The summed E-state index contributed by atoms with van der Waals surface area (Å²) in [5.74, 6) is 1.35. The molecule has 0 spiro atoms. The van der Waals surface area contributed by atoms with Gasteiger partial charge in [-0.25, -0.2) is 0 Å². The third-order valence-corrected chi connectivity index (χ3v) is 4.10. The molecule has 0 aliphatic carbocycles. The fraction of sp³-hybridized carbons (Fsp3) is 0.231. The Bertz CT molecular complexity index is 703. The van der Waals surface area contributed by atoms with Gasteiger partial charge in [-0.15, -0.1) is 0 Å². The van der Waals surface area contributed by atoms with Crippen molar-refractivity contribution >= 4 is 43.4 Å². The summed E-state index contributed by atoms with van der Waals surface area (Å²) >= 11 is 6.91. The highest BCUT2D eigenvalue weighted by Gasteiger charge is 2.15. The molecule has 2 rings (SSSR count). The van der Waals surface area contributed by atoms with Crippen LogP contribution in [0, 0.1) is 18.3 Å². The van der Waals surface area contributed by atoms with Crippen molar-refractivity contribution in [2.24, 2.45) is 7.05 Å². The fourth-order valence-corrected chi connectivity index (χ4v) is 3.10. The highest BCUT2D eigenvalue weighted by atomic mass is 79.9. The maximum atomic E-state index is 9.22. The zero-order chi connectivity index (χ0) is 14.9. The normalized spacial score (nSPS) is 10.2. The van der Waals surface area contributed by atoms with Crippen molar-refractivity contribution in [3.05, 3.63) is 32.3 Å². The van der Waals surface area contributed by atoms with Gasteiger partial charge in [0.25, 0.3) is 0 Å². The molecule has 0 saturated heterocycles. The lowest BCUT2D eigenvalue weighted by Gasteiger charge is -2.12. The molecule has 7 heteroatoms. The van der Waals surface area contributed by atoms with Crippen LogP contribution < -0.4 is 10.1 Å². The van der Waals surface area contributed by atoms with Crippen molar-refractivity contribution < 1.29 is 4.74 Å². The molecule has 1 aromatic carbocycles. The number of aromatic nitrogens is 2. The molecule has 1 aromatic heterocycles. The molecule has 0 aliphatic heterocycles. The summed E-state index contributed by atoms with van der Waals surface area (Å²) in [6, 6.07) is 5.89. The first-order valence-electron chi connectivity index (χ1n) is 5.71. The lowest BCUT2D eigenvalue weighted by molar-refractivity contribution is 0.412. The van der Waals surface area contributed by atoms with Gasteiger partial charge in [0.15, 0.2) is 0 Å². The number of aryl methyl sites for hydroxylation is 2. The molecule has 0 fully saturated rings. The highest BCUT2D eigenvalue weighted by molar-refractivity contribution is 9.11. The molecular weight excluding hydrogens is 388 g/mol. The number of benzene rings is 1. The van der Waals surface area contributed by atoms with Gasteiger partial charge in [0, 0.05) is 17.6 Å². The Morgan fingerprint density at radius 1 is 1.35 bits per heavy atom. The molecule has 2 aromatic rings. The van der Waals surface area contributed by atoms with Crippen molar-refractivity contribution in [2.45, 2.75) is 6.92 Å². The van der Waals surface area contributed by atoms with Crippen LogP contribution in [-0.4, -0.2) is 16.9 Å². The summed E-state index contributed by atoms with van der Waals surface area (Å²) in [5.41, 5.74) is 2.02. The summed E-state index contributed by atoms with van der Waals surface area (Å²) < 4.78 is 8.62. The number of methoxy groups -OCH3 is 1. The molecule has 1 heterocycles. The first-order chi connectivity index (χ1) is 9.47. The van der Waals surface area contributed by atoms with E-state index < -0.39 is 0 Å². The maximum Gasteiger partial charge on any atom is 0.146 e. The predicted molar refractivity (Wildman–Crippen MR) is 84.3 cm³/mol. The fourth-order valence-electron chi connectivity index (χ4n) is 1.84. The van der Waals surface area contributed by atoms with E-state index in [0.717, 1.165) is 14.6 Å². The second kappa shape index (κ2) is 5.85. The van der Waals surface area contributed by atoms with Crippen LogP contribution in [0.4, 0.5) is 11.5 Å². The van der Waals surface area contributed by atoms with Crippen LogP contribution in [0.5, 0.6) is 5.75 Å². The maximum absolute atomic E-state index is 9.22. The molecule has 1 N–H and O–H groups in total. The number of nitriles is 1. The summed E-state index contributed by atoms with van der Waals surface area (Å²) in [5, 5.41) is 16.7. The van der Waals surface area contributed by atoms with E-state index in [1.807, 2.05) is 12.1 Å². The van der Waals surface area contributed by atoms with E-state index in [0.29, 0.717) is 22.8 Å². The van der Waals surface area contributed by atoms with Gasteiger partial charge in [0.2, 0.25) is 0 Å². The Labute approximate surface area is 133 Å². The summed E-state index contributed by atoms with van der Waals surface area (Å²) in [4.78, 5) is 0. The minimum Gasteiger partial charge on any atom is -0.495 e. The van der Waals surface area contributed by atoms with Crippen molar-refractivity contribution in [3.8, 4) is 11.8 Å². The van der Waals surface area contributed by atoms with Crippen LogP contribution in [0.1, 0.15) is 11.3 Å². The first-order valence-corrected chi connectivity index (χ1v) is 7.30. The first kappa shape index (κ1) is 14.9. The number of anilines is 2. The molecule has 5 nitrogen and oxygen atoms in total. The lowest BCUT2D eigenvalue weighted by atomic mass is 10.2. The zero-order valence-corrected chi connectivity index (χ0v) is 14.3. The highest BCUT2D eigenvalue weighted by Crippen LogP contribution is 2.36. The Kier molecular flexibility index (Phi) is 4.35. The molecular formula is C13H12Br2N4O. The molecule has 20 heavy (non-hydrogen) atoms. The Morgan fingerprint density at radius 2 is 2.05 bits per heavy atom. The van der Waals surface area contributed by atoms with E-state index in [1.54, 1.807) is 25.8 Å². The van der Waals surface area contributed by atoms with E-state index >= 15 is 0 Å². The molecule has 0 bridgehead atoms. The number of hydrogen-bond acceptors (Lipinski definition) is 4. The van der Waals surface area contributed by atoms with Crippen LogP contribution in [0.25, 0.3) is 0 Å². The Morgan fingerprint density at radius 3 is 2.65 bits per heavy atom. The molecule has 0 unspecified atom stereocenters. The standard InChI is InChI=1S/C13H12Br2N4O/c1-7-8(6-16)13(19(2)18-7)17-11-5-12(20-3)10(15)4-9(11)14/h4-5,17H,1-3H3. The Hall–Kier alpha value is -1.52. The van der Waals surface area contributed by atoms with Gasteiger partial charge < -0.3 is 10.1 Å². The number of hydrogen-bond donors (Lipinski definition) is 1. The van der Waals surface area contributed by atoms with Crippen LogP contribution in [0.2, 0.25) is 0 Å². The number of nitrogens with zero attached hydrogens (tertiary/aromatic N) is 3. The van der Waals surface area contributed by atoms with Crippen molar-refractivity contribution in [1.29, 1.82) is 5.26 Å². The number of nitrogens with one attached hydrogen (secondary N) is 1. The smallest absolute Gasteiger partial charge is 0.146 e. The van der Waals surface area contributed by atoms with Crippen molar-refractivity contribution in [3.63, 3.8) is 0 Å². The minimum absolute atomic E-state index is 0.529. The molecule has 0 radical (unpaired) electrons. The summed E-state index contributed by atoms with van der Waals surface area (Å²) in [7, 11) is 3.40. The number of ether oxygens (including phenoxy) is 1. The molecule has 0 amide bonds. The average Bonchev–Trinajstić information content (AvgIpc) is 2.66. The van der Waals surface area contributed by atoms with Gasteiger partial charge in [-0.1, -0.05) is 0 Å². The second-order valence-corrected chi connectivity index (χ2v) is 5.84. The van der Waals surface area contributed by atoms with Gasteiger partial charge in [-0.2, -0.15) is 10.4 Å². The second-order valence-electron chi connectivity index (χ2n) is 4.14. The van der Waals surface area contributed by atoms with Gasteiger partial charge in [-0.3, -0.25) is 4.68 Å². The SMILES string of the molecule is COc1cc(Nc2c(C#N)c(C)nn2C)c(Br)cc1Br. The van der Waals surface area contributed by atoms with Gasteiger partial charge in [0.1, 0.15) is 23.2 Å². The van der Waals surface area contributed by atoms with Crippen LogP contribution in [0.3, 0.4) is 0 Å². The van der Waals surface area contributed by atoms with E-state index in [1.165, 1.54) is 0 Å². The van der Waals surface area contributed by atoms with E-state index in [2.05, 4.69) is 48.3 Å². The lowest BCUT2D eigenvalue weighted by Crippen LogP contribution is -2.01. The van der Waals surface area contributed by atoms with E-state index in [-0.39, 0.29) is 0 Å². The number of rotatable bonds is 3. The number of halogens is 2. The molecule has 0 atom stereocenters.